The number of terminal acetylenes is 1. The summed E-state index contributed by atoms with van der Waals surface area (Å²) < 4.78 is 1.76. The minimum Gasteiger partial charge on any atom is -0.340 e. The minimum absolute atomic E-state index is 0.226. The van der Waals surface area contributed by atoms with Crippen molar-refractivity contribution in [1.29, 1.82) is 0 Å². The molecule has 0 spiro atoms. The summed E-state index contributed by atoms with van der Waals surface area (Å²) >= 11 is 0. The van der Waals surface area contributed by atoms with Crippen molar-refractivity contribution in [2.75, 3.05) is 6.54 Å². The van der Waals surface area contributed by atoms with Crippen LogP contribution in [0.4, 0.5) is 0 Å². The second-order valence-electron chi connectivity index (χ2n) is 3.70. The van der Waals surface area contributed by atoms with E-state index in [4.69, 9.17) is 6.42 Å². The normalized spacial score (nSPS) is 10.0. The molecule has 80 valence electrons. The molecule has 0 radical (unpaired) electrons. The number of nitrogens with zero attached hydrogens (tertiary/aromatic N) is 2. The molecule has 0 aliphatic carbocycles. The van der Waals surface area contributed by atoms with Crippen molar-refractivity contribution >= 4 is 5.91 Å². The average Bonchev–Trinajstić information content (AvgIpc) is 2.61. The van der Waals surface area contributed by atoms with Gasteiger partial charge in [-0.15, -0.1) is 6.42 Å². The summed E-state index contributed by atoms with van der Waals surface area (Å²) in [5.41, 5.74) is 0.408. The number of rotatable bonds is 4. The van der Waals surface area contributed by atoms with Gasteiger partial charge in [-0.05, 0) is 12.0 Å². The highest BCUT2D eigenvalue weighted by Crippen LogP contribution is 2.00. The molecule has 0 bridgehead atoms. The molecule has 0 aliphatic heterocycles. The molecular formula is C11H15N3O. The van der Waals surface area contributed by atoms with E-state index in [0.717, 1.165) is 6.54 Å². The van der Waals surface area contributed by atoms with Crippen molar-refractivity contribution in [3.8, 4) is 12.3 Å². The van der Waals surface area contributed by atoms with Gasteiger partial charge in [-0.2, -0.15) is 5.10 Å². The SMILES string of the molecule is C#CCNC(=O)c1ccn(CC(C)C)n1. The lowest BCUT2D eigenvalue weighted by Gasteiger charge is -2.03. The fourth-order valence-electron chi connectivity index (χ4n) is 1.18. The molecule has 0 fully saturated rings. The maximum Gasteiger partial charge on any atom is 0.272 e. The highest BCUT2D eigenvalue weighted by atomic mass is 16.1. The molecule has 0 saturated heterocycles. The number of hydrogen-bond acceptors (Lipinski definition) is 2. The lowest BCUT2D eigenvalue weighted by atomic mass is 10.2. The third kappa shape index (κ3) is 3.47. The summed E-state index contributed by atoms with van der Waals surface area (Å²) in [5, 5.41) is 6.70. The van der Waals surface area contributed by atoms with Gasteiger partial charge >= 0.3 is 0 Å². The van der Waals surface area contributed by atoms with Gasteiger partial charge in [0.15, 0.2) is 0 Å². The van der Waals surface area contributed by atoms with E-state index in [1.807, 2.05) is 0 Å². The predicted octanol–water partition coefficient (Wildman–Crippen LogP) is 0.902. The Labute approximate surface area is 89.7 Å². The molecule has 1 rings (SSSR count). The zero-order valence-electron chi connectivity index (χ0n) is 9.03. The first-order chi connectivity index (χ1) is 7.13. The number of amides is 1. The van der Waals surface area contributed by atoms with E-state index >= 15 is 0 Å². The number of carbonyl (C=O) groups excluding carboxylic acids is 1. The molecular weight excluding hydrogens is 190 g/mol. The van der Waals surface area contributed by atoms with Gasteiger partial charge in [0.05, 0.1) is 6.54 Å². The molecule has 0 saturated carbocycles. The molecule has 1 heterocycles. The number of carbonyl (C=O) groups is 1. The highest BCUT2D eigenvalue weighted by Gasteiger charge is 2.08. The van der Waals surface area contributed by atoms with E-state index < -0.39 is 0 Å². The van der Waals surface area contributed by atoms with E-state index in [-0.39, 0.29) is 12.5 Å². The van der Waals surface area contributed by atoms with Crippen LogP contribution in [0.25, 0.3) is 0 Å². The van der Waals surface area contributed by atoms with Crippen LogP contribution < -0.4 is 5.32 Å². The van der Waals surface area contributed by atoms with Crippen LogP contribution in [-0.2, 0) is 6.54 Å². The molecule has 1 amide bonds. The second kappa shape index (κ2) is 5.20. The van der Waals surface area contributed by atoms with Crippen LogP contribution in [0, 0.1) is 18.3 Å². The van der Waals surface area contributed by atoms with E-state index in [1.54, 1.807) is 16.9 Å². The van der Waals surface area contributed by atoms with Gasteiger partial charge in [-0.3, -0.25) is 9.48 Å². The summed E-state index contributed by atoms with van der Waals surface area (Å²) in [5.74, 6) is 2.62. The Morgan fingerprint density at radius 1 is 1.73 bits per heavy atom. The fraction of sp³-hybridized carbons (Fsp3) is 0.455. The molecule has 1 aromatic heterocycles. The van der Waals surface area contributed by atoms with Crippen LogP contribution in [0.15, 0.2) is 12.3 Å². The summed E-state index contributed by atoms with van der Waals surface area (Å²) in [4.78, 5) is 11.4. The Hall–Kier alpha value is -1.76. The summed E-state index contributed by atoms with van der Waals surface area (Å²) in [6.45, 7) is 5.23. The third-order valence-electron chi connectivity index (χ3n) is 1.78. The lowest BCUT2D eigenvalue weighted by Crippen LogP contribution is -2.24. The standard InChI is InChI=1S/C11H15N3O/c1-4-6-12-11(15)10-5-7-14(13-10)8-9(2)3/h1,5,7,9H,6,8H2,2-3H3,(H,12,15). The van der Waals surface area contributed by atoms with Crippen molar-refractivity contribution < 1.29 is 4.79 Å². The lowest BCUT2D eigenvalue weighted by molar-refractivity contribution is 0.0952. The fourth-order valence-corrected chi connectivity index (χ4v) is 1.18. The van der Waals surface area contributed by atoms with Crippen molar-refractivity contribution in [1.82, 2.24) is 15.1 Å². The van der Waals surface area contributed by atoms with Crippen LogP contribution in [0.5, 0.6) is 0 Å². The van der Waals surface area contributed by atoms with E-state index in [2.05, 4.69) is 30.2 Å². The molecule has 15 heavy (non-hydrogen) atoms. The van der Waals surface area contributed by atoms with Crippen molar-refractivity contribution in [3.63, 3.8) is 0 Å². The van der Waals surface area contributed by atoms with E-state index in [1.165, 1.54) is 0 Å². The molecule has 0 unspecified atom stereocenters. The van der Waals surface area contributed by atoms with Crippen LogP contribution in [-0.4, -0.2) is 22.2 Å². The van der Waals surface area contributed by atoms with Crippen LogP contribution >= 0.6 is 0 Å². The number of aromatic nitrogens is 2. The zero-order valence-corrected chi connectivity index (χ0v) is 9.03. The molecule has 0 atom stereocenters. The Balaban J connectivity index is 2.60. The quantitative estimate of drug-likeness (QED) is 0.742. The smallest absolute Gasteiger partial charge is 0.272 e. The highest BCUT2D eigenvalue weighted by molar-refractivity contribution is 5.92. The second-order valence-corrected chi connectivity index (χ2v) is 3.70. The third-order valence-corrected chi connectivity index (χ3v) is 1.78. The van der Waals surface area contributed by atoms with Crippen molar-refractivity contribution in [3.05, 3.63) is 18.0 Å². The minimum atomic E-state index is -0.226. The number of hydrogen-bond donors (Lipinski definition) is 1. The summed E-state index contributed by atoms with van der Waals surface area (Å²) in [7, 11) is 0. The molecule has 4 heteroatoms. The van der Waals surface area contributed by atoms with Crippen LogP contribution in [0.2, 0.25) is 0 Å². The van der Waals surface area contributed by atoms with Gasteiger partial charge in [-0.1, -0.05) is 19.8 Å². The Morgan fingerprint density at radius 2 is 2.47 bits per heavy atom. The predicted molar refractivity (Wildman–Crippen MR) is 58.2 cm³/mol. The van der Waals surface area contributed by atoms with Crippen molar-refractivity contribution in [2.45, 2.75) is 20.4 Å². The van der Waals surface area contributed by atoms with Gasteiger partial charge in [-0.25, -0.2) is 0 Å². The van der Waals surface area contributed by atoms with Gasteiger partial charge in [0.25, 0.3) is 5.91 Å². The molecule has 0 aromatic carbocycles. The first-order valence-corrected chi connectivity index (χ1v) is 4.88. The first kappa shape index (κ1) is 11.3. The van der Waals surface area contributed by atoms with Crippen molar-refractivity contribution in [2.24, 2.45) is 5.92 Å². The number of nitrogens with one attached hydrogen (secondary N) is 1. The Kier molecular flexibility index (Phi) is 3.92. The maximum absolute atomic E-state index is 11.4. The zero-order chi connectivity index (χ0) is 11.3. The first-order valence-electron chi connectivity index (χ1n) is 4.88. The topological polar surface area (TPSA) is 46.9 Å². The van der Waals surface area contributed by atoms with Crippen LogP contribution in [0.3, 0.4) is 0 Å². The average molecular weight is 205 g/mol. The molecule has 1 aromatic rings. The summed E-state index contributed by atoms with van der Waals surface area (Å²) in [6, 6.07) is 1.69. The monoisotopic (exact) mass is 205 g/mol. The van der Waals surface area contributed by atoms with Crippen LogP contribution in [0.1, 0.15) is 24.3 Å². The van der Waals surface area contributed by atoms with Gasteiger partial charge in [0, 0.05) is 12.7 Å². The maximum atomic E-state index is 11.4. The largest absolute Gasteiger partial charge is 0.340 e. The molecule has 4 nitrogen and oxygen atoms in total. The van der Waals surface area contributed by atoms with E-state index in [9.17, 15) is 4.79 Å². The Morgan fingerprint density at radius 3 is 3.07 bits per heavy atom. The van der Waals surface area contributed by atoms with Gasteiger partial charge < -0.3 is 5.32 Å². The van der Waals surface area contributed by atoms with Gasteiger partial charge in [0.1, 0.15) is 5.69 Å². The molecule has 0 aliphatic rings. The van der Waals surface area contributed by atoms with E-state index in [0.29, 0.717) is 11.6 Å². The van der Waals surface area contributed by atoms with Gasteiger partial charge in [0.2, 0.25) is 0 Å². The Bertz CT molecular complexity index is 373. The summed E-state index contributed by atoms with van der Waals surface area (Å²) in [6.07, 6.45) is 6.83. The molecule has 1 N–H and O–H groups in total.